The molecule has 3 rings (SSSR count). The van der Waals surface area contributed by atoms with E-state index in [9.17, 15) is 4.79 Å². The third-order valence-electron chi connectivity index (χ3n) is 3.86. The summed E-state index contributed by atoms with van der Waals surface area (Å²) in [5, 5.41) is 0.865. The summed E-state index contributed by atoms with van der Waals surface area (Å²) in [6.07, 6.45) is 2.65. The third-order valence-corrected chi connectivity index (χ3v) is 4.15. The number of hydrogen-bond acceptors (Lipinski definition) is 4. The summed E-state index contributed by atoms with van der Waals surface area (Å²) in [5.74, 6) is 1.68. The Bertz CT molecular complexity index is 1030. The van der Waals surface area contributed by atoms with E-state index in [1.165, 1.54) is 0 Å². The van der Waals surface area contributed by atoms with Crippen LogP contribution in [0.1, 0.15) is 31.7 Å². The lowest BCUT2D eigenvalue weighted by atomic mass is 10.2. The molecule has 6 heteroatoms. The van der Waals surface area contributed by atoms with E-state index in [0.717, 1.165) is 12.0 Å². The number of nitrogens with zero attached hydrogens (tertiary/aromatic N) is 1. The molecule has 27 heavy (non-hydrogen) atoms. The van der Waals surface area contributed by atoms with Gasteiger partial charge >= 0.3 is 0 Å². The molecule has 140 valence electrons. The van der Waals surface area contributed by atoms with Gasteiger partial charge in [-0.15, -0.1) is 0 Å². The zero-order valence-electron chi connectivity index (χ0n) is 15.3. The Hall–Kier alpha value is -2.79. The molecule has 3 aromatic rings. The van der Waals surface area contributed by atoms with Crippen LogP contribution in [-0.2, 0) is 0 Å². The predicted molar refractivity (Wildman–Crippen MR) is 109 cm³/mol. The lowest BCUT2D eigenvalue weighted by molar-refractivity contribution is 0.277. The number of rotatable bonds is 7. The van der Waals surface area contributed by atoms with Gasteiger partial charge in [0.15, 0.2) is 17.3 Å². The second kappa shape index (κ2) is 8.73. The molecule has 0 aliphatic heterocycles. The highest BCUT2D eigenvalue weighted by Crippen LogP contribution is 2.30. The van der Waals surface area contributed by atoms with E-state index in [4.69, 9.17) is 21.1 Å². The zero-order valence-corrected chi connectivity index (χ0v) is 16.0. The van der Waals surface area contributed by atoms with Crippen LogP contribution in [-0.4, -0.2) is 23.2 Å². The van der Waals surface area contributed by atoms with Crippen molar-refractivity contribution in [2.75, 3.05) is 13.2 Å². The summed E-state index contributed by atoms with van der Waals surface area (Å²) < 4.78 is 11.4. The molecule has 0 saturated carbocycles. The number of hydrogen-bond donors (Lipinski definition) is 1. The van der Waals surface area contributed by atoms with Gasteiger partial charge in [-0.1, -0.05) is 36.7 Å². The van der Waals surface area contributed by atoms with E-state index in [0.29, 0.717) is 46.5 Å². The summed E-state index contributed by atoms with van der Waals surface area (Å²) in [5.41, 5.74) is 1.20. The summed E-state index contributed by atoms with van der Waals surface area (Å²) in [7, 11) is 0. The number of ether oxygens (including phenoxy) is 2. The van der Waals surface area contributed by atoms with Crippen LogP contribution < -0.4 is 15.0 Å². The van der Waals surface area contributed by atoms with Crippen molar-refractivity contribution in [3.8, 4) is 11.5 Å². The summed E-state index contributed by atoms with van der Waals surface area (Å²) in [6, 6.07) is 12.7. The minimum Gasteiger partial charge on any atom is -0.490 e. The molecule has 0 radical (unpaired) electrons. The topological polar surface area (TPSA) is 64.2 Å². The molecule has 5 nitrogen and oxygen atoms in total. The predicted octanol–water partition coefficient (Wildman–Crippen LogP) is 4.85. The number of benzene rings is 2. The first-order chi connectivity index (χ1) is 13.1. The first-order valence-corrected chi connectivity index (χ1v) is 9.26. The van der Waals surface area contributed by atoms with Crippen molar-refractivity contribution in [3.63, 3.8) is 0 Å². The molecular formula is C21H21ClN2O3. The Morgan fingerprint density at radius 3 is 2.74 bits per heavy atom. The van der Waals surface area contributed by atoms with Gasteiger partial charge in [-0.2, -0.15) is 0 Å². The molecule has 0 bridgehead atoms. The van der Waals surface area contributed by atoms with Gasteiger partial charge in [-0.3, -0.25) is 4.79 Å². The summed E-state index contributed by atoms with van der Waals surface area (Å²) in [4.78, 5) is 19.4. The normalized spacial score (nSPS) is 11.6. The highest BCUT2D eigenvalue weighted by molar-refractivity contribution is 6.50. The van der Waals surface area contributed by atoms with Gasteiger partial charge in [-0.25, -0.2) is 4.98 Å². The van der Waals surface area contributed by atoms with E-state index in [1.54, 1.807) is 24.3 Å². The van der Waals surface area contributed by atoms with Gasteiger partial charge in [0.1, 0.15) is 0 Å². The van der Waals surface area contributed by atoms with E-state index in [-0.39, 0.29) is 5.56 Å². The highest BCUT2D eigenvalue weighted by atomic mass is 35.5. The van der Waals surface area contributed by atoms with Crippen LogP contribution in [0, 0.1) is 0 Å². The van der Waals surface area contributed by atoms with E-state index >= 15 is 0 Å². The molecule has 0 spiro atoms. The third kappa shape index (κ3) is 4.49. The molecule has 0 amide bonds. The van der Waals surface area contributed by atoms with Crippen LogP contribution in [0.5, 0.6) is 11.5 Å². The van der Waals surface area contributed by atoms with Crippen LogP contribution >= 0.6 is 11.6 Å². The maximum atomic E-state index is 12.2. The van der Waals surface area contributed by atoms with Crippen molar-refractivity contribution >= 4 is 33.6 Å². The Labute approximate surface area is 162 Å². The monoisotopic (exact) mass is 384 g/mol. The maximum Gasteiger partial charge on any atom is 0.259 e. The number of aromatic amines is 1. The zero-order chi connectivity index (χ0) is 19.2. The first kappa shape index (κ1) is 19.0. The molecule has 0 fully saturated rings. The number of halogens is 1. The molecule has 1 aromatic heterocycles. The fourth-order valence-corrected chi connectivity index (χ4v) is 2.84. The van der Waals surface area contributed by atoms with Gasteiger partial charge < -0.3 is 14.5 Å². The van der Waals surface area contributed by atoms with Crippen LogP contribution in [0.15, 0.2) is 47.3 Å². The van der Waals surface area contributed by atoms with Crippen molar-refractivity contribution in [1.82, 2.24) is 9.97 Å². The minimum absolute atomic E-state index is 0.222. The smallest absolute Gasteiger partial charge is 0.259 e. The van der Waals surface area contributed by atoms with E-state index < -0.39 is 0 Å². The quantitative estimate of drug-likeness (QED) is 0.632. The second-order valence-corrected chi connectivity index (χ2v) is 6.32. The number of nitrogens with one attached hydrogen (secondary N) is 1. The van der Waals surface area contributed by atoms with Crippen molar-refractivity contribution in [2.24, 2.45) is 0 Å². The van der Waals surface area contributed by atoms with Gasteiger partial charge in [0.2, 0.25) is 0 Å². The number of fused-ring (bicyclic) bond motifs is 1. The summed E-state index contributed by atoms with van der Waals surface area (Å²) >= 11 is 6.42. The van der Waals surface area contributed by atoms with Crippen molar-refractivity contribution in [3.05, 3.63) is 64.2 Å². The molecule has 1 N–H and O–H groups in total. The molecule has 0 aliphatic rings. The Kier molecular flexibility index (Phi) is 6.14. The molecule has 0 aliphatic carbocycles. The Morgan fingerprint density at radius 1 is 1.15 bits per heavy atom. The number of para-hydroxylation sites is 1. The van der Waals surface area contributed by atoms with Crippen molar-refractivity contribution in [2.45, 2.75) is 20.3 Å². The molecule has 0 unspecified atom stereocenters. The standard InChI is InChI=1S/C21H21ClN2O3/c1-3-11-27-18-10-9-14(13-19(18)26-4-2)12-16(22)20-23-17-8-6-5-7-15(17)21(25)24-20/h5-10,12-13H,3-4,11H2,1-2H3,(H,23,24,25)/b16-12-. The minimum atomic E-state index is -0.222. The molecular weight excluding hydrogens is 364 g/mol. The van der Waals surface area contributed by atoms with Crippen molar-refractivity contribution in [1.29, 1.82) is 0 Å². The highest BCUT2D eigenvalue weighted by Gasteiger charge is 2.09. The van der Waals surface area contributed by atoms with Gasteiger partial charge in [0, 0.05) is 0 Å². The Balaban J connectivity index is 1.96. The number of aromatic nitrogens is 2. The first-order valence-electron chi connectivity index (χ1n) is 8.88. The Morgan fingerprint density at radius 2 is 1.96 bits per heavy atom. The van der Waals surface area contributed by atoms with Crippen LogP contribution in [0.3, 0.4) is 0 Å². The van der Waals surface area contributed by atoms with Gasteiger partial charge in [-0.05, 0) is 49.2 Å². The summed E-state index contributed by atoms with van der Waals surface area (Å²) in [6.45, 7) is 5.12. The van der Waals surface area contributed by atoms with Crippen LogP contribution in [0.4, 0.5) is 0 Å². The van der Waals surface area contributed by atoms with Gasteiger partial charge in [0.05, 0.1) is 29.1 Å². The fourth-order valence-electron chi connectivity index (χ4n) is 2.63. The largest absolute Gasteiger partial charge is 0.490 e. The van der Waals surface area contributed by atoms with Crippen molar-refractivity contribution < 1.29 is 9.47 Å². The van der Waals surface area contributed by atoms with Crippen LogP contribution in [0.2, 0.25) is 0 Å². The average Bonchev–Trinajstić information content (AvgIpc) is 2.67. The van der Waals surface area contributed by atoms with Gasteiger partial charge in [0.25, 0.3) is 5.56 Å². The number of H-pyrrole nitrogens is 1. The lowest BCUT2D eigenvalue weighted by Gasteiger charge is -2.12. The average molecular weight is 385 g/mol. The molecule has 0 atom stereocenters. The maximum absolute atomic E-state index is 12.2. The van der Waals surface area contributed by atoms with E-state index in [1.807, 2.05) is 31.2 Å². The molecule has 2 aromatic carbocycles. The fraction of sp³-hybridized carbons (Fsp3) is 0.238. The van der Waals surface area contributed by atoms with Crippen LogP contribution in [0.25, 0.3) is 22.0 Å². The van der Waals surface area contributed by atoms with E-state index in [2.05, 4.69) is 16.9 Å². The SMILES string of the molecule is CCCOc1ccc(/C=C(\Cl)c2nc3ccccc3c(=O)[nH]2)cc1OCC. The second-order valence-electron chi connectivity index (χ2n) is 5.91. The molecule has 0 saturated heterocycles. The lowest BCUT2D eigenvalue weighted by Crippen LogP contribution is -2.10. The molecule has 1 heterocycles.